The lowest BCUT2D eigenvalue weighted by molar-refractivity contribution is -0.137. The monoisotopic (exact) mass is 265 g/mol. The van der Waals surface area contributed by atoms with Gasteiger partial charge in [0.05, 0.1) is 12.2 Å². The zero-order chi connectivity index (χ0) is 13.8. The zero-order valence-electron chi connectivity index (χ0n) is 10.1. The fourth-order valence-electron chi connectivity index (χ4n) is 1.46. The van der Waals surface area contributed by atoms with Crippen molar-refractivity contribution in [3.63, 3.8) is 0 Å². The zero-order valence-corrected chi connectivity index (χ0v) is 10.1. The molecule has 0 saturated carbocycles. The predicted molar refractivity (Wildman–Crippen MR) is 59.6 cm³/mol. The van der Waals surface area contributed by atoms with Gasteiger partial charge in [-0.15, -0.1) is 0 Å². The number of rotatable bonds is 5. The van der Waals surface area contributed by atoms with Crippen LogP contribution in [0.4, 0.5) is 17.6 Å². The van der Waals surface area contributed by atoms with E-state index in [0.717, 1.165) is 12.1 Å². The van der Waals surface area contributed by atoms with E-state index in [1.165, 1.54) is 7.11 Å². The minimum absolute atomic E-state index is 0.00306. The van der Waals surface area contributed by atoms with E-state index in [1.807, 2.05) is 6.92 Å². The second kappa shape index (κ2) is 6.15. The number of nitrogens with one attached hydrogen (secondary N) is 1. The number of ether oxygens (including phenoxy) is 1. The smallest absolute Gasteiger partial charge is 0.383 e. The maximum atomic E-state index is 13.4. The Morgan fingerprint density at radius 2 is 2.00 bits per heavy atom. The van der Waals surface area contributed by atoms with Crippen LogP contribution in [-0.2, 0) is 17.5 Å². The van der Waals surface area contributed by atoms with Gasteiger partial charge in [-0.05, 0) is 19.1 Å². The summed E-state index contributed by atoms with van der Waals surface area (Å²) in [5.74, 6) is -0.859. The van der Waals surface area contributed by atoms with Gasteiger partial charge in [-0.25, -0.2) is 4.39 Å². The van der Waals surface area contributed by atoms with Crippen LogP contribution in [-0.4, -0.2) is 19.8 Å². The van der Waals surface area contributed by atoms with Crippen LogP contribution in [0.15, 0.2) is 18.2 Å². The van der Waals surface area contributed by atoms with Gasteiger partial charge in [-0.3, -0.25) is 0 Å². The van der Waals surface area contributed by atoms with Crippen LogP contribution in [0.5, 0.6) is 0 Å². The lowest BCUT2D eigenvalue weighted by Gasteiger charge is -2.14. The van der Waals surface area contributed by atoms with Crippen LogP contribution in [0, 0.1) is 5.82 Å². The molecule has 1 aromatic carbocycles. The molecular formula is C12H15F4NO. The molecule has 0 fully saturated rings. The summed E-state index contributed by atoms with van der Waals surface area (Å²) in [6.07, 6.45) is -4.52. The van der Waals surface area contributed by atoms with Crippen LogP contribution in [0.2, 0.25) is 0 Å². The molecular weight excluding hydrogens is 250 g/mol. The van der Waals surface area contributed by atoms with E-state index < -0.39 is 17.6 Å². The molecule has 1 rings (SSSR count). The lowest BCUT2D eigenvalue weighted by Crippen LogP contribution is -2.29. The minimum Gasteiger partial charge on any atom is -0.383 e. The van der Waals surface area contributed by atoms with Crippen molar-refractivity contribution >= 4 is 0 Å². The summed E-state index contributed by atoms with van der Waals surface area (Å²) in [6.45, 7) is 2.45. The summed E-state index contributed by atoms with van der Waals surface area (Å²) in [6, 6.07) is 2.53. The molecule has 0 radical (unpaired) electrons. The lowest BCUT2D eigenvalue weighted by atomic mass is 10.1. The number of halogens is 4. The van der Waals surface area contributed by atoms with Gasteiger partial charge in [0.1, 0.15) is 5.82 Å². The van der Waals surface area contributed by atoms with Crippen LogP contribution in [0.1, 0.15) is 18.1 Å². The number of methoxy groups -OCH3 is 1. The Kier molecular flexibility index (Phi) is 5.10. The summed E-state index contributed by atoms with van der Waals surface area (Å²) in [5.41, 5.74) is -0.778. The van der Waals surface area contributed by atoms with Crippen molar-refractivity contribution in [1.82, 2.24) is 5.32 Å². The molecule has 0 aliphatic rings. The summed E-state index contributed by atoms with van der Waals surface area (Å²) in [5, 5.41) is 2.95. The van der Waals surface area contributed by atoms with Crippen molar-refractivity contribution in [2.75, 3.05) is 13.7 Å². The van der Waals surface area contributed by atoms with Crippen molar-refractivity contribution < 1.29 is 22.3 Å². The third-order valence-corrected chi connectivity index (χ3v) is 2.44. The van der Waals surface area contributed by atoms with Gasteiger partial charge in [0.25, 0.3) is 0 Å². The average molecular weight is 265 g/mol. The van der Waals surface area contributed by atoms with Crippen molar-refractivity contribution in [2.45, 2.75) is 25.7 Å². The van der Waals surface area contributed by atoms with E-state index in [1.54, 1.807) is 0 Å². The Morgan fingerprint density at radius 3 is 2.50 bits per heavy atom. The number of benzene rings is 1. The molecule has 18 heavy (non-hydrogen) atoms. The first-order chi connectivity index (χ1) is 8.34. The number of hydrogen-bond acceptors (Lipinski definition) is 2. The molecule has 1 atom stereocenters. The molecule has 1 N–H and O–H groups in total. The second-order valence-electron chi connectivity index (χ2n) is 4.04. The summed E-state index contributed by atoms with van der Waals surface area (Å²) in [4.78, 5) is 0. The summed E-state index contributed by atoms with van der Waals surface area (Å²) in [7, 11) is 1.54. The van der Waals surface area contributed by atoms with Crippen molar-refractivity contribution in [2.24, 2.45) is 0 Å². The topological polar surface area (TPSA) is 21.3 Å². The average Bonchev–Trinajstić information content (AvgIpc) is 2.26. The third kappa shape index (κ3) is 4.27. The summed E-state index contributed by atoms with van der Waals surface area (Å²) < 4.78 is 55.3. The quantitative estimate of drug-likeness (QED) is 0.826. The molecule has 1 unspecified atom stereocenters. The Hall–Kier alpha value is -1.14. The Labute approximate surface area is 103 Å². The Balaban J connectivity index is 2.69. The molecule has 1 aromatic rings. The molecule has 102 valence electrons. The molecule has 6 heteroatoms. The van der Waals surface area contributed by atoms with Crippen molar-refractivity contribution in [3.8, 4) is 0 Å². The molecule has 2 nitrogen and oxygen atoms in total. The minimum atomic E-state index is -4.52. The first-order valence-corrected chi connectivity index (χ1v) is 5.42. The van der Waals surface area contributed by atoms with E-state index in [4.69, 9.17) is 4.74 Å². The normalized spacial score (nSPS) is 13.7. The molecule has 0 aliphatic carbocycles. The van der Waals surface area contributed by atoms with Crippen LogP contribution >= 0.6 is 0 Å². The van der Waals surface area contributed by atoms with E-state index in [0.29, 0.717) is 12.7 Å². The van der Waals surface area contributed by atoms with Gasteiger partial charge in [-0.1, -0.05) is 6.07 Å². The number of hydrogen-bond donors (Lipinski definition) is 1. The maximum absolute atomic E-state index is 13.4. The predicted octanol–water partition coefficient (Wildman–Crippen LogP) is 2.97. The van der Waals surface area contributed by atoms with E-state index >= 15 is 0 Å². The highest BCUT2D eigenvalue weighted by Crippen LogP contribution is 2.30. The van der Waals surface area contributed by atoms with Crippen LogP contribution in [0.3, 0.4) is 0 Å². The SMILES string of the molecule is COCC(C)NCc1ccc(C(F)(F)F)cc1F. The van der Waals surface area contributed by atoms with Gasteiger partial charge in [0.15, 0.2) is 0 Å². The summed E-state index contributed by atoms with van der Waals surface area (Å²) >= 11 is 0. The van der Waals surface area contributed by atoms with E-state index in [2.05, 4.69) is 5.32 Å². The molecule has 0 saturated heterocycles. The highest BCUT2D eigenvalue weighted by atomic mass is 19.4. The molecule has 0 aliphatic heterocycles. The van der Waals surface area contributed by atoms with Gasteiger partial charge in [0.2, 0.25) is 0 Å². The van der Waals surface area contributed by atoms with Crippen molar-refractivity contribution in [1.29, 1.82) is 0 Å². The van der Waals surface area contributed by atoms with Crippen LogP contribution in [0.25, 0.3) is 0 Å². The Morgan fingerprint density at radius 1 is 1.33 bits per heavy atom. The van der Waals surface area contributed by atoms with Crippen LogP contribution < -0.4 is 5.32 Å². The molecule has 0 heterocycles. The maximum Gasteiger partial charge on any atom is 0.416 e. The second-order valence-corrected chi connectivity index (χ2v) is 4.04. The van der Waals surface area contributed by atoms with E-state index in [-0.39, 0.29) is 18.2 Å². The fraction of sp³-hybridized carbons (Fsp3) is 0.500. The third-order valence-electron chi connectivity index (χ3n) is 2.44. The van der Waals surface area contributed by atoms with Gasteiger partial charge >= 0.3 is 6.18 Å². The van der Waals surface area contributed by atoms with E-state index in [9.17, 15) is 17.6 Å². The molecule has 0 spiro atoms. The van der Waals surface area contributed by atoms with Gasteiger partial charge in [0, 0.05) is 25.3 Å². The fourth-order valence-corrected chi connectivity index (χ4v) is 1.46. The molecule has 0 amide bonds. The Bertz CT molecular complexity index is 392. The highest BCUT2D eigenvalue weighted by Gasteiger charge is 2.31. The molecule has 0 aromatic heterocycles. The first-order valence-electron chi connectivity index (χ1n) is 5.42. The first kappa shape index (κ1) is 14.9. The van der Waals surface area contributed by atoms with Gasteiger partial charge in [-0.2, -0.15) is 13.2 Å². The largest absolute Gasteiger partial charge is 0.416 e. The number of alkyl halides is 3. The molecule has 0 bridgehead atoms. The standard InChI is InChI=1S/C12H15F4NO/c1-8(7-18-2)17-6-9-3-4-10(5-11(9)13)12(14,15)16/h3-5,8,17H,6-7H2,1-2H3. The van der Waals surface area contributed by atoms with Gasteiger partial charge < -0.3 is 10.1 Å². The van der Waals surface area contributed by atoms with Crippen molar-refractivity contribution in [3.05, 3.63) is 35.1 Å². The highest BCUT2D eigenvalue weighted by molar-refractivity contribution is 5.26.